The molecule has 1 aromatic rings. The highest BCUT2D eigenvalue weighted by Crippen LogP contribution is 2.27. The number of anilines is 1. The first kappa shape index (κ1) is 17.0. The molecule has 0 spiro atoms. The van der Waals surface area contributed by atoms with Crippen LogP contribution in [0.25, 0.3) is 0 Å². The summed E-state index contributed by atoms with van der Waals surface area (Å²) in [6.07, 6.45) is 1.55. The van der Waals surface area contributed by atoms with Gasteiger partial charge in [0, 0.05) is 19.7 Å². The minimum absolute atomic E-state index is 0.0499. The van der Waals surface area contributed by atoms with E-state index in [1.807, 2.05) is 0 Å². The number of hydrogen-bond acceptors (Lipinski definition) is 5. The van der Waals surface area contributed by atoms with Gasteiger partial charge in [0.2, 0.25) is 0 Å². The maximum atomic E-state index is 13.4. The van der Waals surface area contributed by atoms with Gasteiger partial charge < -0.3 is 14.8 Å². The number of sulfone groups is 1. The molecule has 1 unspecified atom stereocenters. The molecule has 0 aromatic heterocycles. The summed E-state index contributed by atoms with van der Waals surface area (Å²) in [5.41, 5.74) is 0.541. The van der Waals surface area contributed by atoms with Gasteiger partial charge in [0.25, 0.3) is 0 Å². The lowest BCUT2D eigenvalue weighted by atomic mass is 10.1. The van der Waals surface area contributed by atoms with E-state index in [2.05, 4.69) is 5.32 Å². The number of nitrogens with one attached hydrogen (secondary N) is 1. The Labute approximate surface area is 130 Å². The van der Waals surface area contributed by atoms with Crippen molar-refractivity contribution in [3.8, 4) is 5.75 Å². The monoisotopic (exact) mass is 331 g/mol. The average molecular weight is 331 g/mol. The second-order valence-electron chi connectivity index (χ2n) is 5.49. The highest BCUT2D eigenvalue weighted by atomic mass is 32.2. The molecule has 1 aliphatic rings. The first-order valence-corrected chi connectivity index (χ1v) is 9.18. The van der Waals surface area contributed by atoms with Crippen LogP contribution in [0.4, 0.5) is 10.1 Å². The van der Waals surface area contributed by atoms with Gasteiger partial charge in [0.05, 0.1) is 23.8 Å². The lowest BCUT2D eigenvalue weighted by Gasteiger charge is -2.23. The second kappa shape index (κ2) is 7.78. The minimum Gasteiger partial charge on any atom is -0.489 e. The Balaban J connectivity index is 1.97. The summed E-state index contributed by atoms with van der Waals surface area (Å²) in [6, 6.07) is 4.25. The van der Waals surface area contributed by atoms with Crippen molar-refractivity contribution in [2.75, 3.05) is 43.7 Å². The smallest absolute Gasteiger partial charge is 0.150 e. The molecule has 1 aromatic carbocycles. The molecule has 2 rings (SSSR count). The molecule has 22 heavy (non-hydrogen) atoms. The molecule has 0 bridgehead atoms. The highest BCUT2D eigenvalue weighted by Gasteiger charge is 2.24. The summed E-state index contributed by atoms with van der Waals surface area (Å²) >= 11 is 0. The Kier molecular flexibility index (Phi) is 6.02. The van der Waals surface area contributed by atoms with Crippen LogP contribution in [0, 0.1) is 11.7 Å². The van der Waals surface area contributed by atoms with Crippen LogP contribution >= 0.6 is 0 Å². The average Bonchev–Trinajstić information content (AvgIpc) is 2.46. The van der Waals surface area contributed by atoms with Gasteiger partial charge in [-0.3, -0.25) is 0 Å². The number of rotatable bonds is 7. The van der Waals surface area contributed by atoms with E-state index < -0.39 is 9.84 Å². The maximum Gasteiger partial charge on any atom is 0.150 e. The van der Waals surface area contributed by atoms with Crippen LogP contribution in [0.5, 0.6) is 5.75 Å². The molecule has 1 aliphatic heterocycles. The van der Waals surface area contributed by atoms with Crippen molar-refractivity contribution in [1.29, 1.82) is 0 Å². The molecule has 0 saturated carbocycles. The predicted octanol–water partition coefficient (Wildman–Crippen LogP) is 2.09. The van der Waals surface area contributed by atoms with Crippen molar-refractivity contribution in [3.05, 3.63) is 24.0 Å². The Hall–Kier alpha value is -1.34. The molecule has 0 radical (unpaired) electrons. The summed E-state index contributed by atoms with van der Waals surface area (Å²) in [5, 5.41) is 3.12. The second-order valence-corrected chi connectivity index (χ2v) is 7.71. The van der Waals surface area contributed by atoms with Gasteiger partial charge in [-0.05, 0) is 30.9 Å². The van der Waals surface area contributed by atoms with Crippen molar-refractivity contribution >= 4 is 15.5 Å². The van der Waals surface area contributed by atoms with Gasteiger partial charge in [-0.1, -0.05) is 0 Å². The summed E-state index contributed by atoms with van der Waals surface area (Å²) in [7, 11) is -1.35. The van der Waals surface area contributed by atoms with E-state index in [9.17, 15) is 12.8 Å². The number of hydrogen-bond donors (Lipinski definition) is 1. The fraction of sp³-hybridized carbons (Fsp3) is 0.600. The lowest BCUT2D eigenvalue weighted by molar-refractivity contribution is 0.146. The highest BCUT2D eigenvalue weighted by molar-refractivity contribution is 7.91. The Morgan fingerprint density at radius 3 is 2.91 bits per heavy atom. The van der Waals surface area contributed by atoms with Gasteiger partial charge in [-0.2, -0.15) is 0 Å². The molecule has 1 atom stereocenters. The standard InChI is InChI=1S/C15H22FNO4S/c1-20-6-7-21-15-5-4-13(16)9-14(15)17-10-12-3-2-8-22(18,19)11-12/h4-5,9,12,17H,2-3,6-8,10-11H2,1H3. The van der Waals surface area contributed by atoms with Crippen molar-refractivity contribution in [3.63, 3.8) is 0 Å². The predicted molar refractivity (Wildman–Crippen MR) is 83.6 cm³/mol. The number of halogens is 1. The zero-order valence-electron chi connectivity index (χ0n) is 12.7. The molecular weight excluding hydrogens is 309 g/mol. The minimum atomic E-state index is -2.93. The van der Waals surface area contributed by atoms with E-state index >= 15 is 0 Å². The molecule has 0 amide bonds. The van der Waals surface area contributed by atoms with Crippen molar-refractivity contribution in [2.45, 2.75) is 12.8 Å². The van der Waals surface area contributed by atoms with E-state index in [0.29, 0.717) is 37.6 Å². The molecule has 1 N–H and O–H groups in total. The molecule has 1 fully saturated rings. The van der Waals surface area contributed by atoms with Crippen LogP contribution in [-0.4, -0.2) is 46.8 Å². The zero-order chi connectivity index (χ0) is 16.0. The Bertz CT molecular complexity index is 591. The van der Waals surface area contributed by atoms with Gasteiger partial charge in [0.15, 0.2) is 9.84 Å². The van der Waals surface area contributed by atoms with E-state index in [-0.39, 0.29) is 23.2 Å². The first-order chi connectivity index (χ1) is 10.5. The van der Waals surface area contributed by atoms with E-state index in [0.717, 1.165) is 6.42 Å². The van der Waals surface area contributed by atoms with E-state index in [1.54, 1.807) is 13.2 Å². The fourth-order valence-corrected chi connectivity index (χ4v) is 4.31. The van der Waals surface area contributed by atoms with E-state index in [4.69, 9.17) is 9.47 Å². The van der Waals surface area contributed by atoms with Gasteiger partial charge in [-0.25, -0.2) is 12.8 Å². The maximum absolute atomic E-state index is 13.4. The summed E-state index contributed by atoms with van der Waals surface area (Å²) in [4.78, 5) is 0. The van der Waals surface area contributed by atoms with Gasteiger partial charge in [-0.15, -0.1) is 0 Å². The molecule has 0 aliphatic carbocycles. The molecule has 1 saturated heterocycles. The van der Waals surface area contributed by atoms with Crippen LogP contribution < -0.4 is 10.1 Å². The number of ether oxygens (including phenoxy) is 2. The van der Waals surface area contributed by atoms with Crippen LogP contribution in [-0.2, 0) is 14.6 Å². The normalized spacial score (nSPS) is 20.5. The van der Waals surface area contributed by atoms with E-state index in [1.165, 1.54) is 12.1 Å². The SMILES string of the molecule is COCCOc1ccc(F)cc1NCC1CCCS(=O)(=O)C1. The van der Waals surface area contributed by atoms with Gasteiger partial charge >= 0.3 is 0 Å². The quantitative estimate of drug-likeness (QED) is 0.775. The molecule has 7 heteroatoms. The first-order valence-electron chi connectivity index (χ1n) is 7.36. The third-order valence-electron chi connectivity index (χ3n) is 3.63. The largest absolute Gasteiger partial charge is 0.489 e. The molecule has 1 heterocycles. The van der Waals surface area contributed by atoms with Crippen LogP contribution in [0.1, 0.15) is 12.8 Å². The van der Waals surface area contributed by atoms with Gasteiger partial charge in [0.1, 0.15) is 18.2 Å². The fourth-order valence-electron chi connectivity index (χ4n) is 2.53. The van der Waals surface area contributed by atoms with Crippen molar-refractivity contribution in [1.82, 2.24) is 0 Å². The van der Waals surface area contributed by atoms with Crippen LogP contribution in [0.3, 0.4) is 0 Å². The van der Waals surface area contributed by atoms with Crippen LogP contribution in [0.15, 0.2) is 18.2 Å². The van der Waals surface area contributed by atoms with Crippen LogP contribution in [0.2, 0.25) is 0 Å². The zero-order valence-corrected chi connectivity index (χ0v) is 13.5. The third-order valence-corrected chi connectivity index (χ3v) is 5.52. The number of methoxy groups -OCH3 is 1. The molecule has 5 nitrogen and oxygen atoms in total. The lowest BCUT2D eigenvalue weighted by Crippen LogP contribution is -2.29. The molecular formula is C15H22FNO4S. The topological polar surface area (TPSA) is 64.6 Å². The van der Waals surface area contributed by atoms with Crippen molar-refractivity contribution in [2.24, 2.45) is 5.92 Å². The Morgan fingerprint density at radius 1 is 1.36 bits per heavy atom. The van der Waals surface area contributed by atoms with Crippen molar-refractivity contribution < 1.29 is 22.3 Å². The third kappa shape index (κ3) is 5.14. The summed E-state index contributed by atoms with van der Waals surface area (Å²) < 4.78 is 47.2. The summed E-state index contributed by atoms with van der Waals surface area (Å²) in [6.45, 7) is 1.30. The summed E-state index contributed by atoms with van der Waals surface area (Å²) in [5.74, 6) is 0.688. The molecule has 124 valence electrons. The number of benzene rings is 1. The Morgan fingerprint density at radius 2 is 2.18 bits per heavy atom.